The molecule has 0 fully saturated rings. The molecule has 0 saturated carbocycles. The van der Waals surface area contributed by atoms with Gasteiger partial charge in [-0.25, -0.2) is 4.79 Å². The van der Waals surface area contributed by atoms with Crippen LogP contribution in [-0.4, -0.2) is 28.4 Å². The molecule has 1 amide bonds. The summed E-state index contributed by atoms with van der Waals surface area (Å²) in [5.74, 6) is -1.19. The lowest BCUT2D eigenvalue weighted by Gasteiger charge is -2.22. The van der Waals surface area contributed by atoms with Crippen LogP contribution in [0.3, 0.4) is 0 Å². The third-order valence-corrected chi connectivity index (χ3v) is 4.25. The van der Waals surface area contributed by atoms with Crippen molar-refractivity contribution < 1.29 is 14.7 Å². The van der Waals surface area contributed by atoms with E-state index in [1.807, 2.05) is 49.4 Å². The number of amides is 1. The maximum Gasteiger partial charge on any atom is 0.336 e. The Morgan fingerprint density at radius 3 is 2.12 bits per heavy atom. The lowest BCUT2D eigenvalue weighted by Crippen LogP contribution is -2.30. The molecule has 0 bridgehead atoms. The molecule has 3 rings (SSSR count). The summed E-state index contributed by atoms with van der Waals surface area (Å²) in [5, 5.41) is 10.7. The summed E-state index contributed by atoms with van der Waals surface area (Å²) in [6.45, 7) is 2.95. The highest BCUT2D eigenvalue weighted by Crippen LogP contribution is 2.25. The second kappa shape index (κ2) is 7.18. The van der Waals surface area contributed by atoms with Gasteiger partial charge in [-0.15, -0.1) is 0 Å². The quantitative estimate of drug-likeness (QED) is 0.761. The predicted molar refractivity (Wildman–Crippen MR) is 97.8 cm³/mol. The van der Waals surface area contributed by atoms with Gasteiger partial charge in [0.1, 0.15) is 0 Å². The number of carboxylic acids is 1. The van der Waals surface area contributed by atoms with Crippen LogP contribution in [0.2, 0.25) is 0 Å². The van der Waals surface area contributed by atoms with Gasteiger partial charge in [-0.3, -0.25) is 4.79 Å². The fraction of sp³-hybridized carbons (Fsp3) is 0.143. The van der Waals surface area contributed by atoms with Gasteiger partial charge >= 0.3 is 5.97 Å². The number of hydrogen-bond acceptors (Lipinski definition) is 2. The van der Waals surface area contributed by atoms with Crippen molar-refractivity contribution in [3.8, 4) is 0 Å². The van der Waals surface area contributed by atoms with Crippen molar-refractivity contribution >= 4 is 22.6 Å². The summed E-state index contributed by atoms with van der Waals surface area (Å²) >= 11 is 0. The SMILES string of the molecule is CCN(Cc1ccccc1)C(=O)c1cccc2cccc(C(=O)O)c12. The van der Waals surface area contributed by atoms with Crippen LogP contribution in [-0.2, 0) is 6.54 Å². The predicted octanol–water partition coefficient (Wildman–Crippen LogP) is 4.20. The van der Waals surface area contributed by atoms with Crippen molar-refractivity contribution in [2.75, 3.05) is 6.54 Å². The van der Waals surface area contributed by atoms with Gasteiger partial charge in [0, 0.05) is 24.0 Å². The van der Waals surface area contributed by atoms with Crippen molar-refractivity contribution in [3.63, 3.8) is 0 Å². The summed E-state index contributed by atoms with van der Waals surface area (Å²) in [6.07, 6.45) is 0. The first-order valence-electron chi connectivity index (χ1n) is 8.20. The molecule has 0 saturated heterocycles. The molecule has 126 valence electrons. The highest BCUT2D eigenvalue weighted by molar-refractivity contribution is 6.14. The molecule has 1 N–H and O–H groups in total. The standard InChI is InChI=1S/C21H19NO3/c1-2-22(14-15-8-4-3-5-9-15)20(23)17-12-6-10-16-11-7-13-18(19(16)17)21(24)25/h3-13H,2,14H2,1H3,(H,24,25). The van der Waals surface area contributed by atoms with E-state index in [0.29, 0.717) is 24.0 Å². The molecule has 0 aliphatic carbocycles. The monoisotopic (exact) mass is 333 g/mol. The van der Waals surface area contributed by atoms with E-state index in [0.717, 1.165) is 10.9 Å². The molecule has 0 unspecified atom stereocenters. The molecule has 3 aromatic rings. The summed E-state index contributed by atoms with van der Waals surface area (Å²) < 4.78 is 0. The van der Waals surface area contributed by atoms with Gasteiger partial charge in [-0.1, -0.05) is 54.6 Å². The number of aromatic carboxylic acids is 1. The van der Waals surface area contributed by atoms with Crippen LogP contribution in [0.1, 0.15) is 33.2 Å². The Balaban J connectivity index is 2.05. The Morgan fingerprint density at radius 1 is 0.880 bits per heavy atom. The van der Waals surface area contributed by atoms with E-state index in [1.54, 1.807) is 23.1 Å². The molecule has 0 radical (unpaired) electrons. The summed E-state index contributed by atoms with van der Waals surface area (Å²) in [4.78, 5) is 26.4. The minimum Gasteiger partial charge on any atom is -0.478 e. The zero-order valence-electron chi connectivity index (χ0n) is 14.0. The van der Waals surface area contributed by atoms with Crippen molar-refractivity contribution in [2.45, 2.75) is 13.5 Å². The number of rotatable bonds is 5. The molecule has 0 atom stereocenters. The maximum absolute atomic E-state index is 13.1. The van der Waals surface area contributed by atoms with E-state index in [-0.39, 0.29) is 11.5 Å². The normalized spacial score (nSPS) is 10.6. The lowest BCUT2D eigenvalue weighted by atomic mass is 9.98. The first kappa shape index (κ1) is 16.7. The zero-order valence-corrected chi connectivity index (χ0v) is 14.0. The summed E-state index contributed by atoms with van der Waals surface area (Å²) in [6, 6.07) is 20.1. The first-order valence-corrected chi connectivity index (χ1v) is 8.20. The molecule has 0 heterocycles. The highest BCUT2D eigenvalue weighted by atomic mass is 16.4. The molecular weight excluding hydrogens is 314 g/mol. The number of nitrogens with zero attached hydrogens (tertiary/aromatic N) is 1. The topological polar surface area (TPSA) is 57.6 Å². The molecule has 0 spiro atoms. The van der Waals surface area contributed by atoms with Crippen LogP contribution in [0.5, 0.6) is 0 Å². The van der Waals surface area contributed by atoms with Crippen LogP contribution in [0.25, 0.3) is 10.8 Å². The number of carbonyl (C=O) groups excluding carboxylic acids is 1. The largest absolute Gasteiger partial charge is 0.478 e. The van der Waals surface area contributed by atoms with Crippen LogP contribution in [0, 0.1) is 0 Å². The van der Waals surface area contributed by atoms with Crippen molar-refractivity contribution in [3.05, 3.63) is 83.4 Å². The van der Waals surface area contributed by atoms with Gasteiger partial charge in [0.05, 0.1) is 5.56 Å². The first-order chi connectivity index (χ1) is 12.1. The van der Waals surface area contributed by atoms with E-state index >= 15 is 0 Å². The fourth-order valence-corrected chi connectivity index (χ4v) is 3.00. The Kier molecular flexibility index (Phi) is 4.80. The molecule has 0 aromatic heterocycles. The van der Waals surface area contributed by atoms with Gasteiger partial charge < -0.3 is 10.0 Å². The molecule has 4 nitrogen and oxygen atoms in total. The fourth-order valence-electron chi connectivity index (χ4n) is 3.00. The second-order valence-corrected chi connectivity index (χ2v) is 5.82. The lowest BCUT2D eigenvalue weighted by molar-refractivity contribution is 0.0699. The third kappa shape index (κ3) is 3.38. The highest BCUT2D eigenvalue weighted by Gasteiger charge is 2.20. The van der Waals surface area contributed by atoms with Crippen LogP contribution in [0.4, 0.5) is 0 Å². The Labute approximate surface area is 146 Å². The van der Waals surface area contributed by atoms with E-state index < -0.39 is 5.97 Å². The molecule has 25 heavy (non-hydrogen) atoms. The average Bonchev–Trinajstić information content (AvgIpc) is 2.65. The third-order valence-electron chi connectivity index (χ3n) is 4.25. The number of fused-ring (bicyclic) bond motifs is 1. The van der Waals surface area contributed by atoms with E-state index in [4.69, 9.17) is 0 Å². The molecule has 0 aliphatic heterocycles. The molecule has 4 heteroatoms. The van der Waals surface area contributed by atoms with Gasteiger partial charge in [-0.05, 0) is 30.0 Å². The Morgan fingerprint density at radius 2 is 1.52 bits per heavy atom. The van der Waals surface area contributed by atoms with Crippen molar-refractivity contribution in [1.29, 1.82) is 0 Å². The van der Waals surface area contributed by atoms with Crippen molar-refractivity contribution in [2.24, 2.45) is 0 Å². The molecular formula is C21H19NO3. The van der Waals surface area contributed by atoms with Gasteiger partial charge in [-0.2, -0.15) is 0 Å². The van der Waals surface area contributed by atoms with E-state index in [9.17, 15) is 14.7 Å². The minimum atomic E-state index is -1.03. The van der Waals surface area contributed by atoms with Crippen LogP contribution >= 0.6 is 0 Å². The van der Waals surface area contributed by atoms with E-state index in [1.165, 1.54) is 6.07 Å². The zero-order chi connectivity index (χ0) is 17.8. The van der Waals surface area contributed by atoms with Crippen LogP contribution < -0.4 is 0 Å². The number of carboxylic acid groups (broad SMARTS) is 1. The molecule has 3 aromatic carbocycles. The minimum absolute atomic E-state index is 0.150. The Bertz CT molecular complexity index is 914. The number of benzene rings is 3. The van der Waals surface area contributed by atoms with Gasteiger partial charge in [0.2, 0.25) is 0 Å². The summed E-state index contributed by atoms with van der Waals surface area (Å²) in [5.41, 5.74) is 1.61. The molecule has 0 aliphatic rings. The maximum atomic E-state index is 13.1. The average molecular weight is 333 g/mol. The number of hydrogen-bond donors (Lipinski definition) is 1. The van der Waals surface area contributed by atoms with E-state index in [2.05, 4.69) is 0 Å². The number of carbonyl (C=O) groups is 2. The van der Waals surface area contributed by atoms with Gasteiger partial charge in [0.25, 0.3) is 5.91 Å². The Hall–Kier alpha value is -3.14. The smallest absolute Gasteiger partial charge is 0.336 e. The van der Waals surface area contributed by atoms with Gasteiger partial charge in [0.15, 0.2) is 0 Å². The second-order valence-electron chi connectivity index (χ2n) is 5.82. The van der Waals surface area contributed by atoms with Crippen molar-refractivity contribution in [1.82, 2.24) is 4.90 Å². The van der Waals surface area contributed by atoms with Crippen LogP contribution in [0.15, 0.2) is 66.7 Å². The summed E-state index contributed by atoms with van der Waals surface area (Å²) in [7, 11) is 0.